The third-order valence-electron chi connectivity index (χ3n) is 3.17. The number of aliphatic hydroxyl groups excluding tert-OH is 1. The Morgan fingerprint density at radius 3 is 2.59 bits per heavy atom. The van der Waals surface area contributed by atoms with Crippen molar-refractivity contribution in [1.29, 1.82) is 0 Å². The fourth-order valence-corrected chi connectivity index (χ4v) is 2.29. The Kier molecular flexibility index (Phi) is 3.15. The maximum absolute atomic E-state index is 10.4. The fraction of sp³-hybridized carbons (Fsp3) is 0.571. The molecule has 1 heterocycles. The number of nitrogens with one attached hydrogen (secondary N) is 1. The summed E-state index contributed by atoms with van der Waals surface area (Å²) in [4.78, 5) is 0. The summed E-state index contributed by atoms with van der Waals surface area (Å²) in [6, 6.07) is 8.14. The van der Waals surface area contributed by atoms with Gasteiger partial charge in [0.1, 0.15) is 17.5 Å². The van der Waals surface area contributed by atoms with E-state index in [1.807, 2.05) is 38.1 Å². The predicted octanol–water partition coefficient (Wildman–Crippen LogP) is 2.26. The molecule has 1 aromatic carbocycles. The second-order valence-electron chi connectivity index (χ2n) is 5.49. The lowest BCUT2D eigenvalue weighted by Gasteiger charge is -2.43. The van der Waals surface area contributed by atoms with E-state index in [-0.39, 0.29) is 6.04 Å². The summed E-state index contributed by atoms with van der Waals surface area (Å²) in [5.74, 6) is 0.862. The number of aliphatic hydroxyl groups is 1. The fourth-order valence-electron chi connectivity index (χ4n) is 2.29. The molecule has 2 rings (SSSR count). The zero-order valence-corrected chi connectivity index (χ0v) is 10.9. The normalized spacial score (nSPS) is 26.5. The number of hydrogen-bond donors (Lipinski definition) is 2. The Labute approximate surface area is 103 Å². The first kappa shape index (κ1) is 12.4. The molecular weight excluding hydrogens is 214 g/mol. The lowest BCUT2D eigenvalue weighted by Crippen LogP contribution is -2.53. The molecule has 0 saturated heterocycles. The van der Waals surface area contributed by atoms with Crippen molar-refractivity contribution in [2.75, 3.05) is 0 Å². The molecule has 17 heavy (non-hydrogen) atoms. The van der Waals surface area contributed by atoms with E-state index in [0.29, 0.717) is 6.04 Å². The molecule has 0 amide bonds. The van der Waals surface area contributed by atoms with Crippen LogP contribution in [0.25, 0.3) is 0 Å². The van der Waals surface area contributed by atoms with Crippen LogP contribution in [0.15, 0.2) is 24.3 Å². The number of para-hydroxylation sites is 1. The van der Waals surface area contributed by atoms with Gasteiger partial charge in [-0.15, -0.1) is 0 Å². The van der Waals surface area contributed by atoms with Crippen molar-refractivity contribution in [2.24, 2.45) is 0 Å². The van der Waals surface area contributed by atoms with Crippen molar-refractivity contribution in [1.82, 2.24) is 5.32 Å². The minimum atomic E-state index is -0.569. The van der Waals surface area contributed by atoms with Gasteiger partial charge in [-0.3, -0.25) is 0 Å². The van der Waals surface area contributed by atoms with E-state index < -0.39 is 11.7 Å². The SMILES string of the molecule is CC(C)NC1c2ccccc2OC(C)(C)C1O. The van der Waals surface area contributed by atoms with Crippen LogP contribution in [-0.2, 0) is 0 Å². The molecule has 3 heteroatoms. The molecule has 0 radical (unpaired) electrons. The Bertz CT molecular complexity index is 401. The number of fused-ring (bicyclic) bond motifs is 1. The monoisotopic (exact) mass is 235 g/mol. The topological polar surface area (TPSA) is 41.5 Å². The summed E-state index contributed by atoms with van der Waals surface area (Å²) in [5.41, 5.74) is 0.467. The molecule has 1 aliphatic rings. The summed E-state index contributed by atoms with van der Waals surface area (Å²) >= 11 is 0. The van der Waals surface area contributed by atoms with Gasteiger partial charge in [0.05, 0.1) is 6.04 Å². The van der Waals surface area contributed by atoms with E-state index in [4.69, 9.17) is 4.74 Å². The Hall–Kier alpha value is -1.06. The number of hydrogen-bond acceptors (Lipinski definition) is 3. The van der Waals surface area contributed by atoms with Gasteiger partial charge in [0.2, 0.25) is 0 Å². The Balaban J connectivity index is 2.41. The molecule has 2 unspecified atom stereocenters. The molecule has 0 aliphatic carbocycles. The first-order chi connectivity index (χ1) is 7.92. The van der Waals surface area contributed by atoms with Crippen LogP contribution >= 0.6 is 0 Å². The molecule has 0 bridgehead atoms. The van der Waals surface area contributed by atoms with Crippen LogP contribution in [0.1, 0.15) is 39.3 Å². The van der Waals surface area contributed by atoms with Crippen LogP contribution < -0.4 is 10.1 Å². The highest BCUT2D eigenvalue weighted by atomic mass is 16.5. The smallest absolute Gasteiger partial charge is 0.131 e. The van der Waals surface area contributed by atoms with Crippen molar-refractivity contribution in [3.63, 3.8) is 0 Å². The van der Waals surface area contributed by atoms with Gasteiger partial charge in [0, 0.05) is 11.6 Å². The van der Waals surface area contributed by atoms with Gasteiger partial charge in [-0.05, 0) is 19.9 Å². The van der Waals surface area contributed by atoms with E-state index in [1.165, 1.54) is 0 Å². The highest BCUT2D eigenvalue weighted by molar-refractivity contribution is 5.40. The maximum atomic E-state index is 10.4. The summed E-state index contributed by atoms with van der Waals surface area (Å²) in [6.07, 6.45) is -0.556. The van der Waals surface area contributed by atoms with Crippen LogP contribution in [0.4, 0.5) is 0 Å². The molecule has 3 nitrogen and oxygen atoms in total. The summed E-state index contributed by atoms with van der Waals surface area (Å²) < 4.78 is 5.85. The van der Waals surface area contributed by atoms with E-state index in [2.05, 4.69) is 19.2 Å². The quantitative estimate of drug-likeness (QED) is 0.826. The highest BCUT2D eigenvalue weighted by Crippen LogP contribution is 2.39. The maximum Gasteiger partial charge on any atom is 0.131 e. The third-order valence-corrected chi connectivity index (χ3v) is 3.17. The summed E-state index contributed by atoms with van der Waals surface area (Å²) in [7, 11) is 0. The zero-order valence-electron chi connectivity index (χ0n) is 10.9. The third kappa shape index (κ3) is 2.31. The van der Waals surface area contributed by atoms with Crippen molar-refractivity contribution in [3.05, 3.63) is 29.8 Å². The second-order valence-corrected chi connectivity index (χ2v) is 5.49. The molecule has 1 aliphatic heterocycles. The summed E-state index contributed by atoms with van der Waals surface area (Å²) in [6.45, 7) is 8.00. The van der Waals surface area contributed by atoms with Crippen molar-refractivity contribution >= 4 is 0 Å². The number of ether oxygens (including phenoxy) is 1. The average molecular weight is 235 g/mol. The molecule has 0 aromatic heterocycles. The minimum absolute atomic E-state index is 0.0741. The highest BCUT2D eigenvalue weighted by Gasteiger charge is 2.42. The van der Waals surface area contributed by atoms with E-state index in [9.17, 15) is 5.11 Å². The van der Waals surface area contributed by atoms with Crippen LogP contribution in [0, 0.1) is 0 Å². The lowest BCUT2D eigenvalue weighted by molar-refractivity contribution is -0.0658. The average Bonchev–Trinajstić information content (AvgIpc) is 2.24. The van der Waals surface area contributed by atoms with Gasteiger partial charge in [0.15, 0.2) is 0 Å². The van der Waals surface area contributed by atoms with E-state index in [1.54, 1.807) is 0 Å². The zero-order chi connectivity index (χ0) is 12.6. The Morgan fingerprint density at radius 1 is 1.29 bits per heavy atom. The molecular formula is C14H21NO2. The van der Waals surface area contributed by atoms with Gasteiger partial charge < -0.3 is 15.2 Å². The van der Waals surface area contributed by atoms with Crippen LogP contribution in [-0.4, -0.2) is 22.9 Å². The first-order valence-corrected chi connectivity index (χ1v) is 6.14. The summed E-state index contributed by atoms with van der Waals surface area (Å²) in [5, 5.41) is 13.8. The standard InChI is InChI=1S/C14H21NO2/c1-9(2)15-12-10-7-5-6-8-11(10)17-14(3,4)13(12)16/h5-9,12-13,15-16H,1-4H3. The molecule has 0 spiro atoms. The van der Waals surface area contributed by atoms with E-state index >= 15 is 0 Å². The van der Waals surface area contributed by atoms with Gasteiger partial charge >= 0.3 is 0 Å². The number of benzene rings is 1. The molecule has 1 aromatic rings. The van der Waals surface area contributed by atoms with Crippen LogP contribution in [0.5, 0.6) is 5.75 Å². The van der Waals surface area contributed by atoms with Crippen LogP contribution in [0.3, 0.4) is 0 Å². The first-order valence-electron chi connectivity index (χ1n) is 6.14. The molecule has 2 N–H and O–H groups in total. The van der Waals surface area contributed by atoms with Gasteiger partial charge in [0.25, 0.3) is 0 Å². The minimum Gasteiger partial charge on any atom is -0.485 e. The number of rotatable bonds is 2. The van der Waals surface area contributed by atoms with Crippen molar-refractivity contribution in [2.45, 2.75) is 51.5 Å². The second kappa shape index (κ2) is 4.31. The van der Waals surface area contributed by atoms with Crippen LogP contribution in [0.2, 0.25) is 0 Å². The molecule has 0 fully saturated rings. The van der Waals surface area contributed by atoms with E-state index in [0.717, 1.165) is 11.3 Å². The molecule has 2 atom stereocenters. The largest absolute Gasteiger partial charge is 0.485 e. The lowest BCUT2D eigenvalue weighted by atomic mass is 9.86. The Morgan fingerprint density at radius 2 is 1.94 bits per heavy atom. The van der Waals surface area contributed by atoms with Gasteiger partial charge in [-0.1, -0.05) is 32.0 Å². The van der Waals surface area contributed by atoms with Gasteiger partial charge in [-0.2, -0.15) is 0 Å². The predicted molar refractivity (Wildman–Crippen MR) is 68.2 cm³/mol. The van der Waals surface area contributed by atoms with Crippen molar-refractivity contribution in [3.8, 4) is 5.75 Å². The molecule has 0 saturated carbocycles. The van der Waals surface area contributed by atoms with Gasteiger partial charge in [-0.25, -0.2) is 0 Å². The molecule has 94 valence electrons. The van der Waals surface area contributed by atoms with Crippen molar-refractivity contribution < 1.29 is 9.84 Å².